The standard InChI is InChI=1S/C18H29N7OS2/c1-12(2)17-16(13(3)21-27-17)20-18(26)22-28-25(15-9-19-24(5)11-15)14-7-6-8-23(4)10-14/h9,11-12,14H,6-8,10H2,1-5H3,(H2,20,22,26). The summed E-state index contributed by atoms with van der Waals surface area (Å²) in [6, 6.07) is 0.0669. The lowest BCUT2D eigenvalue weighted by Crippen LogP contribution is -2.45. The topological polar surface area (TPSA) is 78.3 Å². The molecule has 1 fully saturated rings. The van der Waals surface area contributed by atoms with Crippen LogP contribution < -0.4 is 14.3 Å². The predicted molar refractivity (Wildman–Crippen MR) is 117 cm³/mol. The first-order valence-corrected chi connectivity index (χ1v) is 11.1. The number of amides is 2. The number of carbonyl (C=O) groups is 1. The SMILES string of the molecule is Cc1nsc(C(C)C)c1NC(=O)NSN(c1cnn(C)c1)C1CCCN(C)C1. The molecule has 1 aliphatic heterocycles. The molecule has 1 unspecified atom stereocenters. The molecule has 0 spiro atoms. The second-order valence-corrected chi connectivity index (χ2v) is 9.15. The molecule has 10 heteroatoms. The molecule has 28 heavy (non-hydrogen) atoms. The van der Waals surface area contributed by atoms with Gasteiger partial charge in [0.15, 0.2) is 0 Å². The number of carbonyl (C=O) groups excluding carboxylic acids is 1. The predicted octanol–water partition coefficient (Wildman–Crippen LogP) is 3.59. The average molecular weight is 424 g/mol. The fraction of sp³-hybridized carbons (Fsp3) is 0.611. The van der Waals surface area contributed by atoms with E-state index in [0.29, 0.717) is 12.0 Å². The molecule has 0 bridgehead atoms. The number of nitrogens with zero attached hydrogens (tertiary/aromatic N) is 5. The number of aryl methyl sites for hydroxylation is 2. The summed E-state index contributed by atoms with van der Waals surface area (Å²) < 4.78 is 11.3. The van der Waals surface area contributed by atoms with Crippen LogP contribution in [0.2, 0.25) is 0 Å². The van der Waals surface area contributed by atoms with Crippen molar-refractivity contribution >= 4 is 41.1 Å². The molecule has 1 aliphatic rings. The lowest BCUT2D eigenvalue weighted by Gasteiger charge is -2.37. The number of anilines is 2. The smallest absolute Gasteiger partial charge is 0.304 e. The van der Waals surface area contributed by atoms with Crippen LogP contribution in [-0.2, 0) is 7.05 Å². The Bertz CT molecular complexity index is 804. The molecule has 0 aliphatic carbocycles. The van der Waals surface area contributed by atoms with Gasteiger partial charge in [-0.1, -0.05) is 13.8 Å². The molecule has 2 aromatic rings. The first-order valence-electron chi connectivity index (χ1n) is 9.51. The third-order valence-corrected chi connectivity index (χ3v) is 6.99. The van der Waals surface area contributed by atoms with E-state index in [0.717, 1.165) is 47.9 Å². The number of piperidine rings is 1. The van der Waals surface area contributed by atoms with Gasteiger partial charge in [-0.2, -0.15) is 9.47 Å². The fourth-order valence-electron chi connectivity index (χ4n) is 3.35. The van der Waals surface area contributed by atoms with E-state index in [4.69, 9.17) is 0 Å². The number of aromatic nitrogens is 3. The first kappa shape index (κ1) is 20.9. The monoisotopic (exact) mass is 423 g/mol. The number of rotatable bonds is 6. The molecule has 3 rings (SSSR count). The summed E-state index contributed by atoms with van der Waals surface area (Å²) in [4.78, 5) is 16.0. The number of likely N-dealkylation sites (N-methyl/N-ethyl adjacent to an activating group) is 1. The number of hydrogen-bond acceptors (Lipinski definition) is 7. The van der Waals surface area contributed by atoms with Crippen LogP contribution in [0.3, 0.4) is 0 Å². The van der Waals surface area contributed by atoms with Crippen molar-refractivity contribution in [3.8, 4) is 0 Å². The minimum atomic E-state index is -0.242. The van der Waals surface area contributed by atoms with Gasteiger partial charge in [-0.25, -0.2) is 4.79 Å². The second-order valence-electron chi connectivity index (χ2n) is 7.57. The van der Waals surface area contributed by atoms with E-state index in [9.17, 15) is 4.79 Å². The van der Waals surface area contributed by atoms with Crippen LogP contribution in [0.5, 0.6) is 0 Å². The van der Waals surface area contributed by atoms with E-state index in [1.54, 1.807) is 4.68 Å². The van der Waals surface area contributed by atoms with Gasteiger partial charge in [0.05, 0.1) is 46.3 Å². The minimum absolute atomic E-state index is 0.242. The molecule has 0 radical (unpaired) electrons. The van der Waals surface area contributed by atoms with Gasteiger partial charge in [0, 0.05) is 19.8 Å². The van der Waals surface area contributed by atoms with Crippen molar-refractivity contribution in [2.75, 3.05) is 29.8 Å². The highest BCUT2D eigenvalue weighted by molar-refractivity contribution is 7.99. The summed E-state index contributed by atoms with van der Waals surface area (Å²) in [7, 11) is 4.04. The van der Waals surface area contributed by atoms with Crippen molar-refractivity contribution in [2.24, 2.45) is 7.05 Å². The maximum absolute atomic E-state index is 12.6. The first-order chi connectivity index (χ1) is 13.3. The van der Waals surface area contributed by atoms with Crippen LogP contribution in [0.4, 0.5) is 16.2 Å². The molecule has 0 aromatic carbocycles. The fourth-order valence-corrected chi connectivity index (χ4v) is 4.93. The number of hydrogen-bond donors (Lipinski definition) is 2. The molecule has 0 saturated carbocycles. The van der Waals surface area contributed by atoms with E-state index in [1.807, 2.05) is 26.4 Å². The Morgan fingerprint density at radius 1 is 1.43 bits per heavy atom. The normalized spacial score (nSPS) is 17.7. The summed E-state index contributed by atoms with van der Waals surface area (Å²) in [6.45, 7) is 8.20. The van der Waals surface area contributed by atoms with Crippen LogP contribution in [0.15, 0.2) is 12.4 Å². The molecule has 1 saturated heterocycles. The van der Waals surface area contributed by atoms with E-state index in [-0.39, 0.29) is 6.03 Å². The Labute approximate surface area is 175 Å². The lowest BCUT2D eigenvalue weighted by molar-refractivity contribution is 0.253. The number of likely N-dealkylation sites (tertiary alicyclic amines) is 1. The summed E-state index contributed by atoms with van der Waals surface area (Å²) in [6.07, 6.45) is 6.04. The zero-order chi connectivity index (χ0) is 20.3. The van der Waals surface area contributed by atoms with Gasteiger partial charge < -0.3 is 10.2 Å². The maximum Gasteiger partial charge on any atom is 0.330 e. The molecule has 8 nitrogen and oxygen atoms in total. The highest BCUT2D eigenvalue weighted by Crippen LogP contribution is 2.32. The average Bonchev–Trinajstić information content (AvgIpc) is 3.22. The van der Waals surface area contributed by atoms with Crippen molar-refractivity contribution in [3.63, 3.8) is 0 Å². The van der Waals surface area contributed by atoms with Gasteiger partial charge in [-0.15, -0.1) is 0 Å². The maximum atomic E-state index is 12.6. The molecule has 2 amide bonds. The van der Waals surface area contributed by atoms with Gasteiger partial charge in [0.2, 0.25) is 0 Å². The number of urea groups is 1. The van der Waals surface area contributed by atoms with Crippen LogP contribution in [0.1, 0.15) is 43.2 Å². The van der Waals surface area contributed by atoms with Crippen LogP contribution in [0.25, 0.3) is 0 Å². The summed E-state index contributed by atoms with van der Waals surface area (Å²) in [5, 5.41) is 7.28. The Morgan fingerprint density at radius 2 is 2.21 bits per heavy atom. The summed E-state index contributed by atoms with van der Waals surface area (Å²) >= 11 is 2.77. The van der Waals surface area contributed by atoms with E-state index < -0.39 is 0 Å². The zero-order valence-corrected chi connectivity index (χ0v) is 18.7. The minimum Gasteiger partial charge on any atom is -0.304 e. The van der Waals surface area contributed by atoms with Crippen molar-refractivity contribution in [1.29, 1.82) is 0 Å². The second kappa shape index (κ2) is 9.15. The van der Waals surface area contributed by atoms with E-state index >= 15 is 0 Å². The van der Waals surface area contributed by atoms with Gasteiger partial charge >= 0.3 is 6.03 Å². The van der Waals surface area contributed by atoms with Gasteiger partial charge in [0.25, 0.3) is 0 Å². The third kappa shape index (κ3) is 4.98. The van der Waals surface area contributed by atoms with Crippen molar-refractivity contribution < 1.29 is 4.79 Å². The number of nitrogens with one attached hydrogen (secondary N) is 2. The summed E-state index contributed by atoms with van der Waals surface area (Å²) in [5.41, 5.74) is 2.67. The molecule has 2 aromatic heterocycles. The van der Waals surface area contributed by atoms with Gasteiger partial charge in [0.1, 0.15) is 0 Å². The molecule has 1 atom stereocenters. The van der Waals surface area contributed by atoms with Crippen LogP contribution >= 0.6 is 23.7 Å². The van der Waals surface area contributed by atoms with Crippen molar-refractivity contribution in [3.05, 3.63) is 23.0 Å². The van der Waals surface area contributed by atoms with Gasteiger partial charge in [-0.3, -0.25) is 13.7 Å². The van der Waals surface area contributed by atoms with Crippen LogP contribution in [0, 0.1) is 6.92 Å². The Morgan fingerprint density at radius 3 is 2.86 bits per heavy atom. The highest BCUT2D eigenvalue weighted by atomic mass is 32.2. The third-order valence-electron chi connectivity index (χ3n) is 4.77. The highest BCUT2D eigenvalue weighted by Gasteiger charge is 2.26. The molecular weight excluding hydrogens is 394 g/mol. The Balaban J connectivity index is 1.68. The van der Waals surface area contributed by atoms with Crippen molar-refractivity contribution in [2.45, 2.75) is 45.6 Å². The van der Waals surface area contributed by atoms with E-state index in [2.05, 4.69) is 49.6 Å². The quantitative estimate of drug-likeness (QED) is 0.692. The van der Waals surface area contributed by atoms with Crippen molar-refractivity contribution in [1.82, 2.24) is 23.8 Å². The molecule has 154 valence electrons. The molecule has 3 heterocycles. The Hall–Kier alpha value is -1.78. The Kier molecular flexibility index (Phi) is 6.84. The lowest BCUT2D eigenvalue weighted by atomic mass is 10.1. The van der Waals surface area contributed by atoms with Crippen LogP contribution in [-0.4, -0.2) is 51.3 Å². The largest absolute Gasteiger partial charge is 0.330 e. The molecule has 2 N–H and O–H groups in total. The molecular formula is C18H29N7OS2. The van der Waals surface area contributed by atoms with E-state index in [1.165, 1.54) is 23.7 Å². The van der Waals surface area contributed by atoms with Gasteiger partial charge in [-0.05, 0) is 50.8 Å². The zero-order valence-electron chi connectivity index (χ0n) is 17.1. The summed E-state index contributed by atoms with van der Waals surface area (Å²) in [5.74, 6) is 0.318.